The monoisotopic (exact) mass is 271 g/mol. The molecule has 0 aromatic heterocycles. The number of nitrogens with two attached hydrogens (primary N) is 1. The fraction of sp³-hybridized carbons (Fsp3) is 0.375. The zero-order chi connectivity index (χ0) is 14.7. The van der Waals surface area contributed by atoms with Crippen LogP contribution in [0.25, 0.3) is 6.08 Å². The van der Waals surface area contributed by atoms with E-state index in [9.17, 15) is 4.79 Å². The maximum Gasteiger partial charge on any atom is 0.250 e. The third-order valence-electron chi connectivity index (χ3n) is 3.48. The maximum absolute atomic E-state index is 12.5. The second-order valence-electron chi connectivity index (χ2n) is 4.99. The number of carbonyl (C=O) groups is 1. The first-order chi connectivity index (χ1) is 9.55. The van der Waals surface area contributed by atoms with Crippen molar-refractivity contribution < 1.29 is 4.79 Å². The Bertz CT molecular complexity index is 583. The molecule has 1 aromatic rings. The Labute approximate surface area is 120 Å². The molecule has 4 nitrogen and oxygen atoms in total. The highest BCUT2D eigenvalue weighted by Gasteiger charge is 2.19. The molecule has 1 aliphatic rings. The van der Waals surface area contributed by atoms with Crippen LogP contribution < -0.4 is 5.73 Å². The summed E-state index contributed by atoms with van der Waals surface area (Å²) < 4.78 is 0. The van der Waals surface area contributed by atoms with Gasteiger partial charge in [-0.1, -0.05) is 12.1 Å². The van der Waals surface area contributed by atoms with Crippen molar-refractivity contribution in [2.45, 2.75) is 27.2 Å². The lowest BCUT2D eigenvalue weighted by Crippen LogP contribution is -2.32. The van der Waals surface area contributed by atoms with E-state index in [0.717, 1.165) is 16.8 Å². The van der Waals surface area contributed by atoms with Gasteiger partial charge in [-0.15, -0.1) is 0 Å². The van der Waals surface area contributed by atoms with Crippen molar-refractivity contribution in [3.8, 4) is 0 Å². The second kappa shape index (κ2) is 5.90. The third-order valence-corrected chi connectivity index (χ3v) is 3.48. The fourth-order valence-corrected chi connectivity index (χ4v) is 2.35. The van der Waals surface area contributed by atoms with E-state index in [1.54, 1.807) is 4.90 Å². The number of aryl methyl sites for hydroxylation is 1. The van der Waals surface area contributed by atoms with E-state index in [0.29, 0.717) is 30.9 Å². The normalized spacial score (nSPS) is 13.9. The third kappa shape index (κ3) is 2.90. The van der Waals surface area contributed by atoms with E-state index in [4.69, 9.17) is 5.73 Å². The van der Waals surface area contributed by atoms with Crippen molar-refractivity contribution in [1.29, 1.82) is 0 Å². The van der Waals surface area contributed by atoms with E-state index in [2.05, 4.69) is 4.99 Å². The highest BCUT2D eigenvalue weighted by atomic mass is 16.2. The molecule has 1 aliphatic heterocycles. The summed E-state index contributed by atoms with van der Waals surface area (Å²) in [5.41, 5.74) is 9.58. The molecule has 1 heterocycles. The predicted molar refractivity (Wildman–Crippen MR) is 83.0 cm³/mol. The van der Waals surface area contributed by atoms with Gasteiger partial charge in [0.15, 0.2) is 0 Å². The van der Waals surface area contributed by atoms with Gasteiger partial charge in [-0.25, -0.2) is 4.99 Å². The van der Waals surface area contributed by atoms with E-state index in [-0.39, 0.29) is 5.91 Å². The summed E-state index contributed by atoms with van der Waals surface area (Å²) in [5, 5.41) is 0. The molecule has 4 heteroatoms. The standard InChI is InChI=1S/C16H21N3O/c1-4-19(5-2)16(20)13-9-12-7-6-11(3)8-14(12)18-15(17)10-13/h6-9H,4-5,10H2,1-3H3,(H2,17,18). The van der Waals surface area contributed by atoms with Gasteiger partial charge in [0.05, 0.1) is 5.69 Å². The molecule has 0 radical (unpaired) electrons. The zero-order valence-corrected chi connectivity index (χ0v) is 12.3. The predicted octanol–water partition coefficient (Wildman–Crippen LogP) is 2.64. The number of amidine groups is 1. The summed E-state index contributed by atoms with van der Waals surface area (Å²) in [4.78, 5) is 18.7. The molecule has 0 aliphatic carbocycles. The summed E-state index contributed by atoms with van der Waals surface area (Å²) >= 11 is 0. The van der Waals surface area contributed by atoms with Crippen LogP contribution in [0.3, 0.4) is 0 Å². The Morgan fingerprint density at radius 1 is 1.35 bits per heavy atom. The molecule has 20 heavy (non-hydrogen) atoms. The molecular formula is C16H21N3O. The van der Waals surface area contributed by atoms with Crippen molar-refractivity contribution in [2.75, 3.05) is 13.1 Å². The van der Waals surface area contributed by atoms with E-state index < -0.39 is 0 Å². The summed E-state index contributed by atoms with van der Waals surface area (Å²) in [5.74, 6) is 0.530. The minimum absolute atomic E-state index is 0.0431. The van der Waals surface area contributed by atoms with Crippen LogP contribution >= 0.6 is 0 Å². The largest absolute Gasteiger partial charge is 0.387 e. The molecule has 0 unspecified atom stereocenters. The molecule has 2 N–H and O–H groups in total. The van der Waals surface area contributed by atoms with Crippen molar-refractivity contribution in [1.82, 2.24) is 4.90 Å². The molecule has 0 fully saturated rings. The number of hydrogen-bond donors (Lipinski definition) is 1. The summed E-state index contributed by atoms with van der Waals surface area (Å²) in [6, 6.07) is 6.00. The van der Waals surface area contributed by atoms with Gasteiger partial charge in [-0.05, 0) is 38.5 Å². The van der Waals surface area contributed by atoms with Crippen LogP contribution in [-0.4, -0.2) is 29.7 Å². The van der Waals surface area contributed by atoms with E-state index in [1.807, 2.05) is 45.0 Å². The number of amides is 1. The number of nitrogens with zero attached hydrogens (tertiary/aromatic N) is 2. The summed E-state index contributed by atoms with van der Waals surface area (Å²) in [6.07, 6.45) is 2.32. The minimum atomic E-state index is 0.0431. The number of carbonyl (C=O) groups excluding carboxylic acids is 1. The lowest BCUT2D eigenvalue weighted by Gasteiger charge is -2.20. The van der Waals surface area contributed by atoms with Crippen LogP contribution in [0, 0.1) is 6.92 Å². The number of rotatable bonds is 3. The minimum Gasteiger partial charge on any atom is -0.387 e. The summed E-state index contributed by atoms with van der Waals surface area (Å²) in [7, 11) is 0. The Balaban J connectivity index is 2.44. The van der Waals surface area contributed by atoms with E-state index in [1.165, 1.54) is 0 Å². The zero-order valence-electron chi connectivity index (χ0n) is 12.3. The van der Waals surface area contributed by atoms with Crippen molar-refractivity contribution >= 4 is 23.5 Å². The molecule has 1 aromatic carbocycles. The van der Waals surface area contributed by atoms with Gasteiger partial charge in [0.1, 0.15) is 5.84 Å². The molecule has 0 saturated carbocycles. The van der Waals surface area contributed by atoms with Crippen molar-refractivity contribution in [3.63, 3.8) is 0 Å². The van der Waals surface area contributed by atoms with Crippen LogP contribution in [0.15, 0.2) is 28.8 Å². The van der Waals surface area contributed by atoms with Crippen LogP contribution in [0.5, 0.6) is 0 Å². The van der Waals surface area contributed by atoms with E-state index >= 15 is 0 Å². The van der Waals surface area contributed by atoms with Gasteiger partial charge in [-0.2, -0.15) is 0 Å². The molecular weight excluding hydrogens is 250 g/mol. The Morgan fingerprint density at radius 2 is 2.05 bits per heavy atom. The van der Waals surface area contributed by atoms with Gasteiger partial charge < -0.3 is 10.6 Å². The molecule has 0 atom stereocenters. The highest BCUT2D eigenvalue weighted by molar-refractivity contribution is 6.05. The lowest BCUT2D eigenvalue weighted by molar-refractivity contribution is -0.126. The molecule has 2 rings (SSSR count). The van der Waals surface area contributed by atoms with Gasteiger partial charge in [0.25, 0.3) is 0 Å². The Kier molecular flexibility index (Phi) is 4.23. The van der Waals surface area contributed by atoms with Crippen LogP contribution in [-0.2, 0) is 4.79 Å². The first kappa shape index (κ1) is 14.3. The number of fused-ring (bicyclic) bond motifs is 1. The quantitative estimate of drug-likeness (QED) is 0.918. The highest BCUT2D eigenvalue weighted by Crippen LogP contribution is 2.27. The van der Waals surface area contributed by atoms with Gasteiger partial charge in [0, 0.05) is 30.6 Å². The molecule has 106 valence electrons. The Hall–Kier alpha value is -2.10. The lowest BCUT2D eigenvalue weighted by atomic mass is 10.0. The Morgan fingerprint density at radius 3 is 2.70 bits per heavy atom. The number of benzene rings is 1. The first-order valence-electron chi connectivity index (χ1n) is 6.98. The van der Waals surface area contributed by atoms with Crippen LogP contribution in [0.2, 0.25) is 0 Å². The molecule has 1 amide bonds. The van der Waals surface area contributed by atoms with Crippen molar-refractivity contribution in [3.05, 3.63) is 34.9 Å². The number of aliphatic imine (C=N–C) groups is 1. The average molecular weight is 271 g/mol. The van der Waals surface area contributed by atoms with Gasteiger partial charge >= 0.3 is 0 Å². The molecule has 0 saturated heterocycles. The SMILES string of the molecule is CCN(CC)C(=O)C1=Cc2ccc(C)cc2N=C(N)C1. The fourth-order valence-electron chi connectivity index (χ4n) is 2.35. The average Bonchev–Trinajstić information content (AvgIpc) is 2.57. The number of hydrogen-bond acceptors (Lipinski definition) is 3. The smallest absolute Gasteiger partial charge is 0.250 e. The number of likely N-dealkylation sites (N-methyl/N-ethyl adjacent to an activating group) is 1. The first-order valence-corrected chi connectivity index (χ1v) is 6.98. The van der Waals surface area contributed by atoms with Crippen molar-refractivity contribution in [2.24, 2.45) is 10.7 Å². The van der Waals surface area contributed by atoms with Crippen LogP contribution in [0.1, 0.15) is 31.4 Å². The maximum atomic E-state index is 12.5. The molecule has 0 bridgehead atoms. The van der Waals surface area contributed by atoms with Crippen LogP contribution in [0.4, 0.5) is 5.69 Å². The molecule has 0 spiro atoms. The topological polar surface area (TPSA) is 58.7 Å². The summed E-state index contributed by atoms with van der Waals surface area (Å²) in [6.45, 7) is 7.37. The van der Waals surface area contributed by atoms with Gasteiger partial charge in [-0.3, -0.25) is 4.79 Å². The second-order valence-corrected chi connectivity index (χ2v) is 4.99. The van der Waals surface area contributed by atoms with Gasteiger partial charge in [0.2, 0.25) is 5.91 Å².